The highest BCUT2D eigenvalue weighted by Crippen LogP contribution is 2.26. The minimum Gasteiger partial charge on any atom is -0.496 e. The first kappa shape index (κ1) is 15.5. The second kappa shape index (κ2) is 7.14. The number of nitrogens with zero attached hydrogens (tertiary/aromatic N) is 1. The van der Waals surface area contributed by atoms with Gasteiger partial charge in [0, 0.05) is 25.6 Å². The predicted octanol–water partition coefficient (Wildman–Crippen LogP) is 2.01. The van der Waals surface area contributed by atoms with E-state index in [0.29, 0.717) is 19.5 Å². The van der Waals surface area contributed by atoms with E-state index in [1.807, 2.05) is 20.9 Å². The average Bonchev–Trinajstić information content (AvgIpc) is 2.35. The molecule has 0 radical (unpaired) electrons. The number of hydrogen-bond donors (Lipinski definition) is 1. The molecule has 0 aromatic heterocycles. The smallest absolute Gasteiger partial charge is 0.222 e. The molecule has 0 aliphatic heterocycles. The van der Waals surface area contributed by atoms with Gasteiger partial charge in [-0.2, -0.15) is 0 Å². The van der Waals surface area contributed by atoms with Crippen LogP contribution in [0.3, 0.4) is 0 Å². The van der Waals surface area contributed by atoms with Crippen molar-refractivity contribution in [2.45, 2.75) is 33.2 Å². The minimum absolute atomic E-state index is 0.117. The number of methoxy groups -OCH3 is 1. The van der Waals surface area contributed by atoms with Crippen molar-refractivity contribution < 1.29 is 9.53 Å². The molecular weight excluding hydrogens is 240 g/mol. The van der Waals surface area contributed by atoms with Crippen LogP contribution in [0.1, 0.15) is 29.5 Å². The fourth-order valence-corrected chi connectivity index (χ4v) is 2.24. The summed E-state index contributed by atoms with van der Waals surface area (Å²) in [5.41, 5.74) is 8.74. The predicted molar refractivity (Wildman–Crippen MR) is 77.2 cm³/mol. The van der Waals surface area contributed by atoms with E-state index in [1.165, 1.54) is 5.56 Å². The number of carbonyl (C=O) groups is 1. The van der Waals surface area contributed by atoms with Crippen molar-refractivity contribution in [3.8, 4) is 5.75 Å². The quantitative estimate of drug-likeness (QED) is 0.855. The van der Waals surface area contributed by atoms with E-state index >= 15 is 0 Å². The van der Waals surface area contributed by atoms with Crippen molar-refractivity contribution in [3.63, 3.8) is 0 Å². The van der Waals surface area contributed by atoms with Gasteiger partial charge in [0.05, 0.1) is 7.11 Å². The van der Waals surface area contributed by atoms with Crippen molar-refractivity contribution in [3.05, 3.63) is 28.8 Å². The van der Waals surface area contributed by atoms with Crippen LogP contribution in [0.25, 0.3) is 0 Å². The largest absolute Gasteiger partial charge is 0.496 e. The first-order valence-corrected chi connectivity index (χ1v) is 6.57. The Kier molecular flexibility index (Phi) is 5.83. The van der Waals surface area contributed by atoms with Crippen molar-refractivity contribution in [2.75, 3.05) is 20.7 Å². The number of ether oxygens (including phenoxy) is 1. The molecule has 19 heavy (non-hydrogen) atoms. The van der Waals surface area contributed by atoms with E-state index in [-0.39, 0.29) is 5.91 Å². The van der Waals surface area contributed by atoms with Crippen LogP contribution in [0.15, 0.2) is 12.1 Å². The van der Waals surface area contributed by atoms with Crippen LogP contribution in [0.5, 0.6) is 5.75 Å². The lowest BCUT2D eigenvalue weighted by atomic mass is 10.0. The van der Waals surface area contributed by atoms with Crippen LogP contribution in [0.2, 0.25) is 0 Å². The van der Waals surface area contributed by atoms with Gasteiger partial charge in [0.2, 0.25) is 5.91 Å². The van der Waals surface area contributed by atoms with E-state index in [9.17, 15) is 4.79 Å². The van der Waals surface area contributed by atoms with Crippen LogP contribution >= 0.6 is 0 Å². The molecule has 1 aromatic rings. The second-order valence-corrected chi connectivity index (χ2v) is 4.92. The minimum atomic E-state index is 0.117. The van der Waals surface area contributed by atoms with E-state index < -0.39 is 0 Å². The molecule has 0 saturated heterocycles. The number of nitrogens with two attached hydrogens (primary N) is 1. The summed E-state index contributed by atoms with van der Waals surface area (Å²) in [7, 11) is 3.48. The molecule has 0 heterocycles. The lowest BCUT2D eigenvalue weighted by Crippen LogP contribution is -2.26. The van der Waals surface area contributed by atoms with Crippen LogP contribution < -0.4 is 10.5 Å². The molecule has 1 amide bonds. The van der Waals surface area contributed by atoms with Gasteiger partial charge < -0.3 is 15.4 Å². The molecule has 0 fully saturated rings. The lowest BCUT2D eigenvalue weighted by molar-refractivity contribution is -0.130. The fraction of sp³-hybridized carbons (Fsp3) is 0.533. The average molecular weight is 264 g/mol. The van der Waals surface area contributed by atoms with E-state index in [4.69, 9.17) is 10.5 Å². The van der Waals surface area contributed by atoms with E-state index in [1.54, 1.807) is 12.0 Å². The summed E-state index contributed by atoms with van der Waals surface area (Å²) in [4.78, 5) is 13.6. The third-order valence-corrected chi connectivity index (χ3v) is 3.13. The molecule has 1 aromatic carbocycles. The van der Waals surface area contributed by atoms with Gasteiger partial charge in [-0.25, -0.2) is 0 Å². The van der Waals surface area contributed by atoms with Crippen molar-refractivity contribution in [2.24, 2.45) is 5.73 Å². The van der Waals surface area contributed by atoms with Crippen LogP contribution in [0, 0.1) is 13.8 Å². The first-order chi connectivity index (χ1) is 8.99. The molecule has 1 rings (SSSR count). The van der Waals surface area contributed by atoms with Gasteiger partial charge in [-0.15, -0.1) is 0 Å². The summed E-state index contributed by atoms with van der Waals surface area (Å²) in [5, 5.41) is 0. The third kappa shape index (κ3) is 4.24. The molecule has 0 saturated carbocycles. The number of benzene rings is 1. The SMILES string of the molecule is COc1c(C)cc(C)cc1CN(C)C(=O)CCCN. The summed E-state index contributed by atoms with van der Waals surface area (Å²) in [6.07, 6.45) is 1.23. The van der Waals surface area contributed by atoms with Gasteiger partial charge in [0.1, 0.15) is 5.75 Å². The zero-order valence-corrected chi connectivity index (χ0v) is 12.3. The standard InChI is InChI=1S/C15H24N2O2/c1-11-8-12(2)15(19-4)13(9-11)10-17(3)14(18)6-5-7-16/h8-9H,5-7,10,16H2,1-4H3. The Labute approximate surface area is 115 Å². The number of amides is 1. The fourth-order valence-electron chi connectivity index (χ4n) is 2.24. The Morgan fingerprint density at radius 1 is 1.37 bits per heavy atom. The number of hydrogen-bond acceptors (Lipinski definition) is 3. The summed E-state index contributed by atoms with van der Waals surface area (Å²) in [6, 6.07) is 4.15. The van der Waals surface area contributed by atoms with Gasteiger partial charge in [0.15, 0.2) is 0 Å². The molecule has 0 aliphatic rings. The Hall–Kier alpha value is -1.55. The first-order valence-electron chi connectivity index (χ1n) is 6.57. The Morgan fingerprint density at radius 3 is 2.63 bits per heavy atom. The molecule has 0 spiro atoms. The topological polar surface area (TPSA) is 55.6 Å². The highest BCUT2D eigenvalue weighted by Gasteiger charge is 2.13. The summed E-state index contributed by atoms with van der Waals surface area (Å²) in [5.74, 6) is 0.982. The zero-order chi connectivity index (χ0) is 14.4. The van der Waals surface area contributed by atoms with Gasteiger partial charge >= 0.3 is 0 Å². The van der Waals surface area contributed by atoms with Gasteiger partial charge in [-0.3, -0.25) is 4.79 Å². The number of rotatable bonds is 6. The molecule has 4 heteroatoms. The number of aryl methyl sites for hydroxylation is 2. The van der Waals surface area contributed by atoms with Gasteiger partial charge in [0.25, 0.3) is 0 Å². The monoisotopic (exact) mass is 264 g/mol. The normalized spacial score (nSPS) is 10.4. The molecule has 0 unspecified atom stereocenters. The van der Waals surface area contributed by atoms with Crippen LogP contribution in [-0.2, 0) is 11.3 Å². The molecular formula is C15H24N2O2. The Morgan fingerprint density at radius 2 is 2.05 bits per heavy atom. The molecule has 106 valence electrons. The van der Waals surface area contributed by atoms with E-state index in [0.717, 1.165) is 23.3 Å². The van der Waals surface area contributed by atoms with Gasteiger partial charge in [-0.05, 0) is 32.4 Å². The molecule has 0 bridgehead atoms. The molecule has 2 N–H and O–H groups in total. The van der Waals surface area contributed by atoms with Crippen LogP contribution in [0.4, 0.5) is 0 Å². The summed E-state index contributed by atoms with van der Waals surface area (Å²) >= 11 is 0. The lowest BCUT2D eigenvalue weighted by Gasteiger charge is -2.20. The van der Waals surface area contributed by atoms with Crippen LogP contribution in [-0.4, -0.2) is 31.5 Å². The molecule has 0 aliphatic carbocycles. The highest BCUT2D eigenvalue weighted by molar-refractivity contribution is 5.76. The summed E-state index contributed by atoms with van der Waals surface area (Å²) < 4.78 is 5.43. The molecule has 4 nitrogen and oxygen atoms in total. The zero-order valence-electron chi connectivity index (χ0n) is 12.3. The Bertz CT molecular complexity index is 444. The second-order valence-electron chi connectivity index (χ2n) is 4.92. The Balaban J connectivity index is 2.83. The summed E-state index contributed by atoms with van der Waals surface area (Å²) in [6.45, 7) is 5.18. The van der Waals surface area contributed by atoms with Crippen molar-refractivity contribution >= 4 is 5.91 Å². The highest BCUT2D eigenvalue weighted by atomic mass is 16.5. The van der Waals surface area contributed by atoms with Crippen molar-refractivity contribution in [1.82, 2.24) is 4.90 Å². The maximum atomic E-state index is 11.9. The molecule has 0 atom stereocenters. The number of carbonyl (C=O) groups excluding carboxylic acids is 1. The van der Waals surface area contributed by atoms with E-state index in [2.05, 4.69) is 12.1 Å². The third-order valence-electron chi connectivity index (χ3n) is 3.13. The maximum Gasteiger partial charge on any atom is 0.222 e. The van der Waals surface area contributed by atoms with Gasteiger partial charge in [-0.1, -0.05) is 17.7 Å². The van der Waals surface area contributed by atoms with Crippen molar-refractivity contribution in [1.29, 1.82) is 0 Å². The maximum absolute atomic E-state index is 11.9.